The molecule has 1 aromatic carbocycles. The second-order valence-electron chi connectivity index (χ2n) is 5.10. The number of aromatic nitrogens is 3. The van der Waals surface area contributed by atoms with Gasteiger partial charge in [0.25, 0.3) is 0 Å². The summed E-state index contributed by atoms with van der Waals surface area (Å²) in [4.78, 5) is 14.0. The van der Waals surface area contributed by atoms with E-state index < -0.39 is 0 Å². The first kappa shape index (κ1) is 15.8. The van der Waals surface area contributed by atoms with Crippen molar-refractivity contribution in [1.29, 1.82) is 0 Å². The van der Waals surface area contributed by atoms with Gasteiger partial charge < -0.3 is 9.40 Å². The number of hydrogen-bond acceptors (Lipinski definition) is 5. The molecule has 0 aliphatic heterocycles. The fraction of sp³-hybridized carbons (Fsp3) is 0.188. The molecule has 0 spiro atoms. The second kappa shape index (κ2) is 6.60. The number of rotatable bonds is 5. The molecule has 5 nitrogen and oxygen atoms in total. The lowest BCUT2D eigenvalue weighted by atomic mass is 10.1. The Bertz CT molecular complexity index is 857. The molecule has 0 amide bonds. The van der Waals surface area contributed by atoms with Gasteiger partial charge in [0, 0.05) is 10.6 Å². The Labute approximate surface area is 142 Å². The van der Waals surface area contributed by atoms with E-state index in [4.69, 9.17) is 16.0 Å². The molecule has 118 valence electrons. The Kier molecular flexibility index (Phi) is 4.54. The summed E-state index contributed by atoms with van der Waals surface area (Å²) in [5.74, 6) is 2.31. The first-order valence-electron chi connectivity index (χ1n) is 6.94. The number of halogens is 1. The fourth-order valence-electron chi connectivity index (χ4n) is 2.01. The summed E-state index contributed by atoms with van der Waals surface area (Å²) in [6.07, 6.45) is 0. The van der Waals surface area contributed by atoms with Gasteiger partial charge in [0.1, 0.15) is 11.5 Å². The van der Waals surface area contributed by atoms with E-state index in [1.807, 2.05) is 37.3 Å². The predicted molar refractivity (Wildman–Crippen MR) is 90.7 cm³/mol. The standard InChI is InChI=1S/C16H14ClN3O2S/c1-9-7-11(3-4-12(9)17)13-5-6-14(22-13)15-18-16(20-19-15)23-8-10(2)21/h3-7H,8H2,1-2H3,(H,18,19,20). The van der Waals surface area contributed by atoms with Crippen molar-refractivity contribution in [1.82, 2.24) is 15.2 Å². The number of nitrogens with zero attached hydrogens (tertiary/aromatic N) is 2. The summed E-state index contributed by atoms with van der Waals surface area (Å²) in [5.41, 5.74) is 1.94. The molecule has 0 unspecified atom stereocenters. The molecule has 2 aromatic heterocycles. The van der Waals surface area contributed by atoms with Crippen LogP contribution < -0.4 is 0 Å². The van der Waals surface area contributed by atoms with Gasteiger partial charge >= 0.3 is 0 Å². The van der Waals surface area contributed by atoms with E-state index in [0.29, 0.717) is 22.5 Å². The third-order valence-electron chi connectivity index (χ3n) is 3.16. The van der Waals surface area contributed by atoms with Gasteiger partial charge in [-0.3, -0.25) is 4.79 Å². The minimum absolute atomic E-state index is 0.0892. The number of hydrogen-bond donors (Lipinski definition) is 1. The van der Waals surface area contributed by atoms with Gasteiger partial charge in [-0.1, -0.05) is 23.4 Å². The number of thioether (sulfide) groups is 1. The highest BCUT2D eigenvalue weighted by atomic mass is 35.5. The summed E-state index contributed by atoms with van der Waals surface area (Å²) in [7, 11) is 0. The zero-order chi connectivity index (χ0) is 16.4. The van der Waals surface area contributed by atoms with Crippen molar-refractivity contribution < 1.29 is 9.21 Å². The summed E-state index contributed by atoms with van der Waals surface area (Å²) in [6, 6.07) is 9.44. The van der Waals surface area contributed by atoms with Crippen molar-refractivity contribution in [2.45, 2.75) is 19.0 Å². The van der Waals surface area contributed by atoms with Gasteiger partial charge in [0.05, 0.1) is 5.75 Å². The molecule has 1 N–H and O–H groups in total. The number of furan rings is 1. The second-order valence-corrected chi connectivity index (χ2v) is 6.47. The molecule has 0 aliphatic rings. The van der Waals surface area contributed by atoms with Crippen molar-refractivity contribution in [3.05, 3.63) is 40.9 Å². The van der Waals surface area contributed by atoms with Gasteiger partial charge in [-0.05, 0) is 49.7 Å². The van der Waals surface area contributed by atoms with E-state index >= 15 is 0 Å². The third kappa shape index (κ3) is 3.65. The van der Waals surface area contributed by atoms with E-state index in [1.54, 1.807) is 0 Å². The monoisotopic (exact) mass is 347 g/mol. The van der Waals surface area contributed by atoms with E-state index in [9.17, 15) is 4.79 Å². The molecule has 2 heterocycles. The van der Waals surface area contributed by atoms with Crippen LogP contribution in [0.4, 0.5) is 0 Å². The number of nitrogens with one attached hydrogen (secondary N) is 1. The zero-order valence-corrected chi connectivity index (χ0v) is 14.2. The predicted octanol–water partition coefficient (Wildman–Crippen LogP) is 4.37. The first-order chi connectivity index (χ1) is 11.0. The van der Waals surface area contributed by atoms with Crippen LogP contribution in [0.2, 0.25) is 5.02 Å². The van der Waals surface area contributed by atoms with Crippen LogP contribution in [-0.4, -0.2) is 26.7 Å². The fourth-order valence-corrected chi connectivity index (χ4v) is 2.74. The third-order valence-corrected chi connectivity index (χ3v) is 4.59. The highest BCUT2D eigenvalue weighted by Crippen LogP contribution is 2.29. The van der Waals surface area contributed by atoms with Gasteiger partial charge in [0.2, 0.25) is 0 Å². The normalized spacial score (nSPS) is 10.9. The van der Waals surface area contributed by atoms with Crippen LogP contribution in [0.3, 0.4) is 0 Å². The molecular formula is C16H14ClN3O2S. The quantitative estimate of drug-likeness (QED) is 0.693. The molecule has 0 fully saturated rings. The van der Waals surface area contributed by atoms with Gasteiger partial charge in [-0.15, -0.1) is 10.2 Å². The van der Waals surface area contributed by atoms with E-state index in [-0.39, 0.29) is 5.78 Å². The molecule has 3 rings (SSSR count). The lowest BCUT2D eigenvalue weighted by Crippen LogP contribution is -1.93. The van der Waals surface area contributed by atoms with Gasteiger partial charge in [-0.25, -0.2) is 0 Å². The molecule has 0 atom stereocenters. The molecule has 7 heteroatoms. The van der Waals surface area contributed by atoms with Crippen molar-refractivity contribution >= 4 is 29.1 Å². The first-order valence-corrected chi connectivity index (χ1v) is 8.31. The number of benzene rings is 1. The molecule has 0 saturated heterocycles. The van der Waals surface area contributed by atoms with Crippen LogP contribution in [0.15, 0.2) is 39.9 Å². The summed E-state index contributed by atoms with van der Waals surface area (Å²) in [6.45, 7) is 3.49. The molecule has 0 aliphatic carbocycles. The highest BCUT2D eigenvalue weighted by Gasteiger charge is 2.12. The van der Waals surface area contributed by atoms with Crippen LogP contribution in [0.25, 0.3) is 22.9 Å². The van der Waals surface area contributed by atoms with Gasteiger partial charge in [-0.2, -0.15) is 0 Å². The van der Waals surface area contributed by atoms with Crippen molar-refractivity contribution in [2.75, 3.05) is 5.75 Å². The maximum atomic E-state index is 11.0. The minimum atomic E-state index is 0.0892. The number of H-pyrrole nitrogens is 1. The maximum Gasteiger partial charge on any atom is 0.197 e. The molecule has 23 heavy (non-hydrogen) atoms. The molecule has 0 bridgehead atoms. The van der Waals surface area contributed by atoms with Crippen molar-refractivity contribution in [2.24, 2.45) is 0 Å². The van der Waals surface area contributed by atoms with Crippen LogP contribution in [0, 0.1) is 6.92 Å². The number of Topliss-reactive ketones (excluding diaryl/α,β-unsaturated/α-hetero) is 1. The molecule has 3 aromatic rings. The summed E-state index contributed by atoms with van der Waals surface area (Å²) >= 11 is 7.36. The number of carbonyl (C=O) groups excluding carboxylic acids is 1. The Morgan fingerprint density at radius 2 is 2.04 bits per heavy atom. The SMILES string of the molecule is CC(=O)CSc1nnc(-c2ccc(-c3ccc(Cl)c(C)c3)o2)[nH]1. The number of aryl methyl sites for hydroxylation is 1. The van der Waals surface area contributed by atoms with E-state index in [1.165, 1.54) is 18.7 Å². The Balaban J connectivity index is 1.81. The molecular weight excluding hydrogens is 334 g/mol. The van der Waals surface area contributed by atoms with E-state index in [2.05, 4.69) is 15.2 Å². The number of carbonyl (C=O) groups is 1. The molecule has 0 saturated carbocycles. The maximum absolute atomic E-state index is 11.0. The lowest BCUT2D eigenvalue weighted by Gasteiger charge is -2.01. The Morgan fingerprint density at radius 3 is 2.78 bits per heavy atom. The van der Waals surface area contributed by atoms with Crippen LogP contribution in [0.1, 0.15) is 12.5 Å². The van der Waals surface area contributed by atoms with Crippen molar-refractivity contribution in [3.8, 4) is 22.9 Å². The van der Waals surface area contributed by atoms with Crippen LogP contribution >= 0.6 is 23.4 Å². The average molecular weight is 348 g/mol. The lowest BCUT2D eigenvalue weighted by molar-refractivity contribution is -0.114. The summed E-state index contributed by atoms with van der Waals surface area (Å²) < 4.78 is 5.84. The number of ketones is 1. The smallest absolute Gasteiger partial charge is 0.197 e. The Morgan fingerprint density at radius 1 is 1.26 bits per heavy atom. The topological polar surface area (TPSA) is 71.8 Å². The minimum Gasteiger partial charge on any atom is -0.453 e. The van der Waals surface area contributed by atoms with E-state index in [0.717, 1.165) is 21.9 Å². The van der Waals surface area contributed by atoms with Crippen LogP contribution in [0.5, 0.6) is 0 Å². The van der Waals surface area contributed by atoms with Crippen LogP contribution in [-0.2, 0) is 4.79 Å². The largest absolute Gasteiger partial charge is 0.453 e. The Hall–Kier alpha value is -2.05. The average Bonchev–Trinajstić information content (AvgIpc) is 3.16. The summed E-state index contributed by atoms with van der Waals surface area (Å²) in [5, 5.41) is 9.37. The van der Waals surface area contributed by atoms with Gasteiger partial charge in [0.15, 0.2) is 16.7 Å². The molecule has 0 radical (unpaired) electrons. The zero-order valence-electron chi connectivity index (χ0n) is 12.6. The van der Waals surface area contributed by atoms with Crippen molar-refractivity contribution in [3.63, 3.8) is 0 Å². The number of aromatic amines is 1. The highest BCUT2D eigenvalue weighted by molar-refractivity contribution is 7.99.